The fourth-order valence-electron chi connectivity index (χ4n) is 5.79. The Balaban J connectivity index is 0.977. The zero-order chi connectivity index (χ0) is 29.9. The second-order valence-corrected chi connectivity index (χ2v) is 10.7. The van der Waals surface area contributed by atoms with Crippen molar-refractivity contribution in [3.63, 3.8) is 0 Å². The number of nitrogens with zero attached hydrogens (tertiary/aromatic N) is 2. The minimum Gasteiger partial charge on any atom is -0.449 e. The number of fused-ring (bicyclic) bond motifs is 3. The molecule has 4 N–H and O–H groups in total. The highest BCUT2D eigenvalue weighted by Crippen LogP contribution is 2.44. The number of ether oxygens (including phenoxy) is 2. The fraction of sp³-hybridized carbons (Fsp3) is 0.312. The van der Waals surface area contributed by atoms with Gasteiger partial charge in [0.1, 0.15) is 24.8 Å². The lowest BCUT2D eigenvalue weighted by Gasteiger charge is -2.30. The first-order valence-electron chi connectivity index (χ1n) is 14.2. The van der Waals surface area contributed by atoms with Crippen molar-refractivity contribution in [1.29, 1.82) is 0 Å². The first-order chi connectivity index (χ1) is 20.9. The number of rotatable bonds is 7. The van der Waals surface area contributed by atoms with Crippen LogP contribution in [0, 0.1) is 0 Å². The molecule has 1 fully saturated rings. The minimum absolute atomic E-state index is 0.0226. The Morgan fingerprint density at radius 1 is 1.00 bits per heavy atom. The van der Waals surface area contributed by atoms with Crippen molar-refractivity contribution in [2.75, 3.05) is 19.8 Å². The van der Waals surface area contributed by atoms with E-state index in [-0.39, 0.29) is 44.5 Å². The normalized spacial score (nSPS) is 21.2. The predicted octanol–water partition coefficient (Wildman–Crippen LogP) is 3.15. The number of hydrogen-bond acceptors (Lipinski definition) is 7. The van der Waals surface area contributed by atoms with E-state index in [1.165, 1.54) is 4.90 Å². The second kappa shape index (κ2) is 12.3. The number of carbonyl (C=O) groups excluding carboxylic acids is 3. The SMILES string of the molecule is O=C(NCc1ccc(C(=O)NC2=NC(=O)N([C@H]3C[C@@H](O)[C@@H](CO)O3)CC2)cc1)OCC1c2ccccc2-c2ccccc21. The van der Waals surface area contributed by atoms with Gasteiger partial charge in [-0.05, 0) is 39.9 Å². The molecule has 2 aliphatic heterocycles. The van der Waals surface area contributed by atoms with Crippen LogP contribution in [0.4, 0.5) is 9.59 Å². The lowest BCUT2D eigenvalue weighted by molar-refractivity contribution is -0.0632. The number of alkyl carbamates (subject to hydrolysis) is 1. The van der Waals surface area contributed by atoms with E-state index < -0.39 is 36.5 Å². The number of amidine groups is 1. The Kier molecular flexibility index (Phi) is 8.19. The standard InChI is InChI=1S/C32H32N4O7/c37-17-27-26(38)15-29(43-27)36-14-13-28(35-31(36)40)34-30(39)20-11-9-19(10-12-20)16-33-32(41)42-18-25-23-7-3-1-5-21(23)22-6-2-4-8-24(22)25/h1-12,25-27,29,37-38H,13-18H2,(H,33,41)(H,34,35,39,40)/t26-,27-,29-/m1/s1. The Labute approximate surface area is 248 Å². The van der Waals surface area contributed by atoms with Gasteiger partial charge in [0.15, 0.2) is 0 Å². The number of carbonyl (C=O) groups is 3. The summed E-state index contributed by atoms with van der Waals surface area (Å²) in [4.78, 5) is 43.1. The van der Waals surface area contributed by atoms with E-state index in [1.54, 1.807) is 24.3 Å². The van der Waals surface area contributed by atoms with Gasteiger partial charge in [0.05, 0.1) is 12.7 Å². The quantitative estimate of drug-likeness (QED) is 0.333. The van der Waals surface area contributed by atoms with Crippen molar-refractivity contribution in [3.8, 4) is 11.1 Å². The van der Waals surface area contributed by atoms with Gasteiger partial charge in [0, 0.05) is 37.4 Å². The number of aliphatic imine (C=N–C) groups is 1. The Hall–Kier alpha value is -4.58. The molecule has 3 atom stereocenters. The fourth-order valence-corrected chi connectivity index (χ4v) is 5.79. The highest BCUT2D eigenvalue weighted by molar-refractivity contribution is 6.09. The lowest BCUT2D eigenvalue weighted by atomic mass is 9.98. The molecular weight excluding hydrogens is 552 g/mol. The molecular formula is C32H32N4O7. The van der Waals surface area contributed by atoms with Crippen LogP contribution >= 0.6 is 0 Å². The minimum atomic E-state index is -0.857. The Bertz CT molecular complexity index is 1510. The molecule has 1 aliphatic carbocycles. The topological polar surface area (TPSA) is 150 Å². The van der Waals surface area contributed by atoms with Crippen LogP contribution in [-0.2, 0) is 16.0 Å². The van der Waals surface area contributed by atoms with Gasteiger partial charge in [0.2, 0.25) is 0 Å². The van der Waals surface area contributed by atoms with E-state index in [4.69, 9.17) is 9.47 Å². The van der Waals surface area contributed by atoms with Crippen LogP contribution in [0.25, 0.3) is 11.1 Å². The van der Waals surface area contributed by atoms with E-state index in [0.29, 0.717) is 12.0 Å². The molecule has 222 valence electrons. The van der Waals surface area contributed by atoms with Crippen LogP contribution in [0.2, 0.25) is 0 Å². The van der Waals surface area contributed by atoms with Crippen molar-refractivity contribution in [3.05, 3.63) is 95.1 Å². The van der Waals surface area contributed by atoms with Crippen molar-refractivity contribution < 1.29 is 34.1 Å². The van der Waals surface area contributed by atoms with Crippen LogP contribution in [0.1, 0.15) is 45.8 Å². The summed E-state index contributed by atoms with van der Waals surface area (Å²) >= 11 is 0. The number of benzene rings is 3. The monoisotopic (exact) mass is 584 g/mol. The molecule has 0 saturated carbocycles. The van der Waals surface area contributed by atoms with Gasteiger partial charge in [-0.3, -0.25) is 9.69 Å². The molecule has 1 saturated heterocycles. The van der Waals surface area contributed by atoms with E-state index in [0.717, 1.165) is 27.8 Å². The molecule has 3 aromatic rings. The summed E-state index contributed by atoms with van der Waals surface area (Å²) in [6.07, 6.45) is -2.29. The van der Waals surface area contributed by atoms with E-state index in [2.05, 4.69) is 39.9 Å². The second-order valence-electron chi connectivity index (χ2n) is 10.7. The molecule has 2 heterocycles. The highest BCUT2D eigenvalue weighted by Gasteiger charge is 2.39. The van der Waals surface area contributed by atoms with Crippen LogP contribution in [0.3, 0.4) is 0 Å². The third-order valence-corrected chi connectivity index (χ3v) is 8.05. The molecule has 43 heavy (non-hydrogen) atoms. The van der Waals surface area contributed by atoms with Gasteiger partial charge in [-0.15, -0.1) is 0 Å². The first kappa shape index (κ1) is 28.5. The molecule has 0 spiro atoms. The third-order valence-electron chi connectivity index (χ3n) is 8.05. The summed E-state index contributed by atoms with van der Waals surface area (Å²) in [5, 5.41) is 24.6. The van der Waals surface area contributed by atoms with E-state index in [1.807, 2.05) is 24.3 Å². The summed E-state index contributed by atoms with van der Waals surface area (Å²) in [7, 11) is 0. The van der Waals surface area contributed by atoms with Crippen LogP contribution in [0.15, 0.2) is 77.8 Å². The van der Waals surface area contributed by atoms with Crippen LogP contribution in [-0.4, -0.2) is 77.2 Å². The number of urea groups is 1. The van der Waals surface area contributed by atoms with Gasteiger partial charge in [-0.2, -0.15) is 4.99 Å². The summed E-state index contributed by atoms with van der Waals surface area (Å²) in [5.74, 6) is -0.195. The molecule has 0 aromatic heterocycles. The maximum atomic E-state index is 12.8. The maximum absolute atomic E-state index is 12.8. The van der Waals surface area contributed by atoms with Crippen molar-refractivity contribution >= 4 is 23.9 Å². The number of aliphatic hydroxyl groups excluding tert-OH is 2. The first-order valence-corrected chi connectivity index (χ1v) is 14.2. The molecule has 0 bridgehead atoms. The zero-order valence-corrected chi connectivity index (χ0v) is 23.3. The molecule has 6 rings (SSSR count). The molecule has 0 radical (unpaired) electrons. The van der Waals surface area contributed by atoms with Crippen LogP contribution < -0.4 is 10.6 Å². The lowest BCUT2D eigenvalue weighted by Crippen LogP contribution is -2.46. The number of hydrogen-bond donors (Lipinski definition) is 4. The summed E-state index contributed by atoms with van der Waals surface area (Å²) in [5.41, 5.74) is 5.77. The number of amides is 4. The maximum Gasteiger partial charge on any atom is 0.407 e. The van der Waals surface area contributed by atoms with Gasteiger partial charge >= 0.3 is 12.1 Å². The van der Waals surface area contributed by atoms with E-state index in [9.17, 15) is 24.6 Å². The predicted molar refractivity (Wildman–Crippen MR) is 156 cm³/mol. The Morgan fingerprint density at radius 2 is 1.67 bits per heavy atom. The van der Waals surface area contributed by atoms with Gasteiger partial charge < -0.3 is 30.3 Å². The van der Waals surface area contributed by atoms with E-state index >= 15 is 0 Å². The van der Waals surface area contributed by atoms with Crippen LogP contribution in [0.5, 0.6) is 0 Å². The van der Waals surface area contributed by atoms with Crippen molar-refractivity contribution in [1.82, 2.24) is 15.5 Å². The summed E-state index contributed by atoms with van der Waals surface area (Å²) < 4.78 is 11.1. The van der Waals surface area contributed by atoms with Crippen molar-refractivity contribution in [2.24, 2.45) is 4.99 Å². The largest absolute Gasteiger partial charge is 0.449 e. The zero-order valence-electron chi connectivity index (χ0n) is 23.3. The summed E-state index contributed by atoms with van der Waals surface area (Å²) in [6.45, 7) is 0.370. The molecule has 11 nitrogen and oxygen atoms in total. The van der Waals surface area contributed by atoms with Gasteiger partial charge in [-0.1, -0.05) is 60.7 Å². The Morgan fingerprint density at radius 3 is 2.30 bits per heavy atom. The molecule has 0 unspecified atom stereocenters. The number of aliphatic hydroxyl groups is 2. The third kappa shape index (κ3) is 6.00. The molecule has 4 amide bonds. The highest BCUT2D eigenvalue weighted by atomic mass is 16.6. The van der Waals surface area contributed by atoms with Crippen molar-refractivity contribution in [2.45, 2.75) is 43.7 Å². The summed E-state index contributed by atoms with van der Waals surface area (Å²) in [6, 6.07) is 22.4. The molecule has 3 aliphatic rings. The molecule has 3 aromatic carbocycles. The smallest absolute Gasteiger partial charge is 0.407 e. The molecule has 11 heteroatoms. The number of nitrogens with one attached hydrogen (secondary N) is 2. The van der Waals surface area contributed by atoms with Gasteiger partial charge in [0.25, 0.3) is 5.91 Å². The average Bonchev–Trinajstić information content (AvgIpc) is 3.56. The van der Waals surface area contributed by atoms with Gasteiger partial charge in [-0.25, -0.2) is 9.59 Å². The average molecular weight is 585 g/mol.